The lowest BCUT2D eigenvalue weighted by molar-refractivity contribution is 0.0945. The molecule has 0 aliphatic rings. The fraction of sp³-hybridized carbons (Fsp3) is 0.130. The summed E-state index contributed by atoms with van der Waals surface area (Å²) in [4.78, 5) is 16.1. The summed E-state index contributed by atoms with van der Waals surface area (Å²) in [6.07, 6.45) is 0. The predicted molar refractivity (Wildman–Crippen MR) is 123 cm³/mol. The summed E-state index contributed by atoms with van der Waals surface area (Å²) in [6.45, 7) is 4.10. The van der Waals surface area contributed by atoms with Gasteiger partial charge in [0.25, 0.3) is 15.9 Å². The molecule has 33 heavy (non-hydrogen) atoms. The van der Waals surface area contributed by atoms with E-state index < -0.39 is 15.9 Å². The molecule has 0 spiro atoms. The van der Waals surface area contributed by atoms with Crippen LogP contribution in [0.1, 0.15) is 27.0 Å². The van der Waals surface area contributed by atoms with Crippen LogP contribution in [-0.2, 0) is 16.6 Å². The number of tetrazole rings is 1. The van der Waals surface area contributed by atoms with Gasteiger partial charge in [0.15, 0.2) is 0 Å². The molecule has 1 aromatic heterocycles. The van der Waals surface area contributed by atoms with Crippen LogP contribution in [0.5, 0.6) is 0 Å². The van der Waals surface area contributed by atoms with E-state index in [0.29, 0.717) is 17.9 Å². The molecule has 0 unspecified atom stereocenters. The first-order valence-electron chi connectivity index (χ1n) is 10.1. The van der Waals surface area contributed by atoms with Gasteiger partial charge in [-0.25, -0.2) is 8.42 Å². The van der Waals surface area contributed by atoms with Crippen LogP contribution < -0.4 is 10.3 Å². The zero-order valence-corrected chi connectivity index (χ0v) is 18.9. The Kier molecular flexibility index (Phi) is 6.29. The summed E-state index contributed by atoms with van der Waals surface area (Å²) in [6, 6.07) is 21.0. The predicted octanol–water partition coefficient (Wildman–Crippen LogP) is 2.63. The molecule has 0 bridgehead atoms. The fourth-order valence-electron chi connectivity index (χ4n) is 3.06. The number of benzene rings is 3. The van der Waals surface area contributed by atoms with Crippen molar-refractivity contribution in [2.45, 2.75) is 25.3 Å². The van der Waals surface area contributed by atoms with E-state index in [1.807, 2.05) is 44.2 Å². The maximum absolute atomic E-state index is 12.4. The van der Waals surface area contributed by atoms with E-state index in [1.165, 1.54) is 10.9 Å². The van der Waals surface area contributed by atoms with Gasteiger partial charge in [0, 0.05) is 11.1 Å². The zero-order chi connectivity index (χ0) is 23.4. The first kappa shape index (κ1) is 22.3. The quantitative estimate of drug-likeness (QED) is 0.408. The van der Waals surface area contributed by atoms with Gasteiger partial charge in [-0.05, 0) is 60.0 Å². The number of hydrazine groups is 1. The highest BCUT2D eigenvalue weighted by atomic mass is 32.2. The van der Waals surface area contributed by atoms with Crippen LogP contribution in [0.2, 0.25) is 0 Å². The summed E-state index contributed by atoms with van der Waals surface area (Å²) in [5.74, 6) is -0.0399. The van der Waals surface area contributed by atoms with Crippen molar-refractivity contribution in [3.05, 3.63) is 95.1 Å². The number of nitrogens with one attached hydrogen (secondary N) is 2. The summed E-state index contributed by atoms with van der Waals surface area (Å²) in [5.41, 5.74) is 6.11. The van der Waals surface area contributed by atoms with Crippen LogP contribution in [0.4, 0.5) is 0 Å². The molecule has 0 saturated carbocycles. The molecule has 1 amide bonds. The summed E-state index contributed by atoms with van der Waals surface area (Å²) < 4.78 is 24.9. The van der Waals surface area contributed by atoms with E-state index in [1.54, 1.807) is 36.4 Å². The number of nitrogens with zero attached hydrogens (tertiary/aromatic N) is 4. The van der Waals surface area contributed by atoms with Crippen LogP contribution >= 0.6 is 0 Å². The number of amides is 1. The van der Waals surface area contributed by atoms with Gasteiger partial charge < -0.3 is 0 Å². The summed E-state index contributed by atoms with van der Waals surface area (Å²) in [5, 5.41) is 12.5. The SMILES string of the molecule is Cc1ccc(S(=O)(=O)NNC(=O)c2ccc(Cn3nnc(-c4ccccc4)n3)cc2)cc1C. The third-order valence-electron chi connectivity index (χ3n) is 5.11. The van der Waals surface area contributed by atoms with E-state index >= 15 is 0 Å². The maximum atomic E-state index is 12.4. The lowest BCUT2D eigenvalue weighted by Gasteiger charge is -2.10. The van der Waals surface area contributed by atoms with Crippen molar-refractivity contribution < 1.29 is 13.2 Å². The number of aromatic nitrogens is 4. The van der Waals surface area contributed by atoms with Crippen molar-refractivity contribution in [1.29, 1.82) is 0 Å². The Hall–Kier alpha value is -3.89. The van der Waals surface area contributed by atoms with Gasteiger partial charge in [-0.3, -0.25) is 10.2 Å². The van der Waals surface area contributed by atoms with E-state index in [2.05, 4.69) is 25.7 Å². The van der Waals surface area contributed by atoms with Crippen LogP contribution in [0.15, 0.2) is 77.7 Å². The molecular formula is C23H22N6O3S. The average Bonchev–Trinajstić information content (AvgIpc) is 3.29. The van der Waals surface area contributed by atoms with Gasteiger partial charge in [-0.2, -0.15) is 4.80 Å². The molecule has 0 atom stereocenters. The van der Waals surface area contributed by atoms with Crippen molar-refractivity contribution in [2.24, 2.45) is 0 Å². The Labute approximate surface area is 191 Å². The third kappa shape index (κ3) is 5.30. The Bertz CT molecular complexity index is 1380. The second-order valence-corrected chi connectivity index (χ2v) is 9.19. The number of aryl methyl sites for hydroxylation is 2. The topological polar surface area (TPSA) is 119 Å². The monoisotopic (exact) mass is 462 g/mol. The third-order valence-corrected chi connectivity index (χ3v) is 6.36. The Morgan fingerprint density at radius 2 is 1.67 bits per heavy atom. The van der Waals surface area contributed by atoms with Crippen LogP contribution in [-0.4, -0.2) is 34.5 Å². The number of carbonyl (C=O) groups excluding carboxylic acids is 1. The van der Waals surface area contributed by atoms with E-state index in [9.17, 15) is 13.2 Å². The molecule has 0 aliphatic carbocycles. The lowest BCUT2D eigenvalue weighted by atomic mass is 10.1. The molecule has 4 aromatic rings. The molecule has 10 heteroatoms. The molecule has 1 heterocycles. The normalized spacial score (nSPS) is 11.3. The second-order valence-electron chi connectivity index (χ2n) is 7.51. The number of rotatable bonds is 7. The second kappa shape index (κ2) is 9.31. The molecular weight excluding hydrogens is 440 g/mol. The van der Waals surface area contributed by atoms with Gasteiger partial charge in [0.2, 0.25) is 5.82 Å². The first-order valence-corrected chi connectivity index (χ1v) is 11.6. The Balaban J connectivity index is 1.37. The highest BCUT2D eigenvalue weighted by Crippen LogP contribution is 2.15. The van der Waals surface area contributed by atoms with Crippen molar-refractivity contribution in [1.82, 2.24) is 30.5 Å². The molecule has 4 rings (SSSR count). The van der Waals surface area contributed by atoms with Crippen molar-refractivity contribution in [2.75, 3.05) is 0 Å². The van der Waals surface area contributed by atoms with Crippen LogP contribution in [0, 0.1) is 13.8 Å². The van der Waals surface area contributed by atoms with Crippen molar-refractivity contribution in [3.63, 3.8) is 0 Å². The first-order chi connectivity index (χ1) is 15.8. The zero-order valence-electron chi connectivity index (χ0n) is 18.1. The van der Waals surface area contributed by atoms with Crippen LogP contribution in [0.3, 0.4) is 0 Å². The van der Waals surface area contributed by atoms with Crippen molar-refractivity contribution >= 4 is 15.9 Å². The molecule has 9 nitrogen and oxygen atoms in total. The molecule has 3 aromatic carbocycles. The maximum Gasteiger partial charge on any atom is 0.266 e. The van der Waals surface area contributed by atoms with Gasteiger partial charge in [0.05, 0.1) is 11.4 Å². The summed E-state index contributed by atoms with van der Waals surface area (Å²) in [7, 11) is -3.88. The fourth-order valence-corrected chi connectivity index (χ4v) is 3.99. The smallest absolute Gasteiger partial charge is 0.266 e. The summed E-state index contributed by atoms with van der Waals surface area (Å²) >= 11 is 0. The largest absolute Gasteiger partial charge is 0.273 e. The number of sulfonamides is 1. The van der Waals surface area contributed by atoms with E-state index in [4.69, 9.17) is 0 Å². The highest BCUT2D eigenvalue weighted by molar-refractivity contribution is 7.89. The van der Waals surface area contributed by atoms with Crippen molar-refractivity contribution in [3.8, 4) is 11.4 Å². The van der Waals surface area contributed by atoms with Gasteiger partial charge in [-0.15, -0.1) is 15.0 Å². The number of carbonyl (C=O) groups is 1. The molecule has 0 saturated heterocycles. The number of hydrogen-bond acceptors (Lipinski definition) is 6. The number of hydrogen-bond donors (Lipinski definition) is 2. The molecule has 0 radical (unpaired) electrons. The van der Waals surface area contributed by atoms with Gasteiger partial charge in [-0.1, -0.05) is 48.5 Å². The molecule has 0 aliphatic heterocycles. The minimum Gasteiger partial charge on any atom is -0.273 e. The molecule has 2 N–H and O–H groups in total. The highest BCUT2D eigenvalue weighted by Gasteiger charge is 2.16. The van der Waals surface area contributed by atoms with Crippen LogP contribution in [0.25, 0.3) is 11.4 Å². The molecule has 0 fully saturated rings. The van der Waals surface area contributed by atoms with E-state index in [-0.39, 0.29) is 4.90 Å². The minimum atomic E-state index is -3.88. The lowest BCUT2D eigenvalue weighted by Crippen LogP contribution is -2.41. The van der Waals surface area contributed by atoms with Gasteiger partial charge in [0.1, 0.15) is 0 Å². The minimum absolute atomic E-state index is 0.0800. The Morgan fingerprint density at radius 3 is 2.36 bits per heavy atom. The van der Waals surface area contributed by atoms with Gasteiger partial charge >= 0.3 is 0 Å². The average molecular weight is 463 g/mol. The van der Waals surface area contributed by atoms with E-state index in [0.717, 1.165) is 22.3 Å². The standard InChI is InChI=1S/C23H22N6O3S/c1-16-8-13-21(14-17(16)2)33(31,32)28-25-23(30)20-11-9-18(10-12-20)15-29-26-22(24-27-29)19-6-4-3-5-7-19/h3-14,28H,15H2,1-2H3,(H,25,30). The Morgan fingerprint density at radius 1 is 0.939 bits per heavy atom. The molecule has 168 valence electrons.